The standard InChI is InChI=1S/C23H19N3O5S/c1-30-14-8-10-19(31-2)17(12-14)25-22(29)21(28)24-13-7-9-18(27)15(11-13)23-26-16-5-3-4-6-20(16)32-23/h3-12,27H,1-2H3,(H,24,28)(H,25,29). The zero-order chi connectivity index (χ0) is 22.7. The Labute approximate surface area is 187 Å². The molecule has 1 aromatic heterocycles. The van der Waals surface area contributed by atoms with Gasteiger partial charge in [-0.1, -0.05) is 12.1 Å². The maximum atomic E-state index is 12.5. The third-order valence-corrected chi connectivity index (χ3v) is 5.71. The fourth-order valence-corrected chi connectivity index (χ4v) is 4.04. The summed E-state index contributed by atoms with van der Waals surface area (Å²) in [6.07, 6.45) is 0. The Balaban J connectivity index is 1.53. The van der Waals surface area contributed by atoms with Gasteiger partial charge in [-0.05, 0) is 42.5 Å². The zero-order valence-corrected chi connectivity index (χ0v) is 18.0. The van der Waals surface area contributed by atoms with Crippen LogP contribution in [0.4, 0.5) is 11.4 Å². The molecule has 9 heteroatoms. The van der Waals surface area contributed by atoms with E-state index in [9.17, 15) is 14.7 Å². The SMILES string of the molecule is COc1ccc(OC)c(NC(=O)C(=O)Nc2ccc(O)c(-c3nc4ccccc4s3)c2)c1. The molecular formula is C23H19N3O5S. The number of ether oxygens (including phenoxy) is 2. The number of anilines is 2. The molecule has 8 nitrogen and oxygen atoms in total. The van der Waals surface area contributed by atoms with Crippen LogP contribution in [-0.4, -0.2) is 36.1 Å². The van der Waals surface area contributed by atoms with E-state index in [1.54, 1.807) is 24.3 Å². The second kappa shape index (κ2) is 8.94. The summed E-state index contributed by atoms with van der Waals surface area (Å²) in [5, 5.41) is 16.0. The highest BCUT2D eigenvalue weighted by Gasteiger charge is 2.18. The van der Waals surface area contributed by atoms with Gasteiger partial charge in [-0.2, -0.15) is 0 Å². The number of nitrogens with zero attached hydrogens (tertiary/aromatic N) is 1. The van der Waals surface area contributed by atoms with Crippen LogP contribution in [0, 0.1) is 0 Å². The molecule has 32 heavy (non-hydrogen) atoms. The summed E-state index contributed by atoms with van der Waals surface area (Å²) in [5.41, 5.74) is 1.91. The zero-order valence-electron chi connectivity index (χ0n) is 17.2. The fraction of sp³-hybridized carbons (Fsp3) is 0.0870. The monoisotopic (exact) mass is 449 g/mol. The van der Waals surface area contributed by atoms with Crippen molar-refractivity contribution in [3.05, 3.63) is 60.7 Å². The van der Waals surface area contributed by atoms with E-state index in [1.165, 1.54) is 37.7 Å². The maximum absolute atomic E-state index is 12.5. The quantitative estimate of drug-likeness (QED) is 0.310. The van der Waals surface area contributed by atoms with Crippen LogP contribution >= 0.6 is 11.3 Å². The van der Waals surface area contributed by atoms with E-state index in [0.29, 0.717) is 33.4 Å². The number of aromatic nitrogens is 1. The first-order valence-electron chi connectivity index (χ1n) is 9.52. The molecule has 0 saturated heterocycles. The number of hydrogen-bond donors (Lipinski definition) is 3. The number of carbonyl (C=O) groups excluding carboxylic acids is 2. The van der Waals surface area contributed by atoms with Gasteiger partial charge in [-0.15, -0.1) is 11.3 Å². The molecule has 0 aliphatic carbocycles. The number of phenols is 1. The molecule has 0 radical (unpaired) electrons. The average Bonchev–Trinajstić information content (AvgIpc) is 3.24. The molecule has 4 rings (SSSR count). The highest BCUT2D eigenvalue weighted by molar-refractivity contribution is 7.21. The van der Waals surface area contributed by atoms with E-state index < -0.39 is 11.8 Å². The Hall–Kier alpha value is -4.11. The molecule has 3 N–H and O–H groups in total. The van der Waals surface area contributed by atoms with Crippen molar-refractivity contribution in [1.82, 2.24) is 4.98 Å². The smallest absolute Gasteiger partial charge is 0.314 e. The van der Waals surface area contributed by atoms with Crippen LogP contribution in [0.3, 0.4) is 0 Å². The molecule has 0 saturated carbocycles. The van der Waals surface area contributed by atoms with Crippen LogP contribution in [0.25, 0.3) is 20.8 Å². The molecule has 162 valence electrons. The van der Waals surface area contributed by atoms with Crippen molar-refractivity contribution >= 4 is 44.7 Å². The second-order valence-electron chi connectivity index (χ2n) is 6.69. The number of aromatic hydroxyl groups is 1. The number of amides is 2. The predicted octanol–water partition coefficient (Wildman–Crippen LogP) is 4.26. The number of carbonyl (C=O) groups is 2. The van der Waals surface area contributed by atoms with Gasteiger partial charge in [0.15, 0.2) is 0 Å². The number of thiazole rings is 1. The van der Waals surface area contributed by atoms with Crippen LogP contribution in [0.1, 0.15) is 0 Å². The summed E-state index contributed by atoms with van der Waals surface area (Å²) >= 11 is 1.42. The number of fused-ring (bicyclic) bond motifs is 1. The summed E-state index contributed by atoms with van der Waals surface area (Å²) in [6.45, 7) is 0. The number of nitrogens with one attached hydrogen (secondary N) is 2. The van der Waals surface area contributed by atoms with Crippen LogP contribution in [0.2, 0.25) is 0 Å². The summed E-state index contributed by atoms with van der Waals surface area (Å²) < 4.78 is 11.3. The van der Waals surface area contributed by atoms with Crippen molar-refractivity contribution in [3.63, 3.8) is 0 Å². The van der Waals surface area contributed by atoms with Crippen LogP contribution in [0.5, 0.6) is 17.2 Å². The van der Waals surface area contributed by atoms with Gasteiger partial charge in [0.05, 0.1) is 35.7 Å². The molecule has 3 aromatic carbocycles. The average molecular weight is 449 g/mol. The maximum Gasteiger partial charge on any atom is 0.314 e. The van der Waals surface area contributed by atoms with Gasteiger partial charge in [0, 0.05) is 11.8 Å². The van der Waals surface area contributed by atoms with Crippen LogP contribution < -0.4 is 20.1 Å². The highest BCUT2D eigenvalue weighted by Crippen LogP contribution is 2.36. The lowest BCUT2D eigenvalue weighted by molar-refractivity contribution is -0.133. The lowest BCUT2D eigenvalue weighted by Crippen LogP contribution is -2.29. The van der Waals surface area contributed by atoms with Crippen molar-refractivity contribution in [2.45, 2.75) is 0 Å². The first-order chi connectivity index (χ1) is 15.5. The second-order valence-corrected chi connectivity index (χ2v) is 7.72. The molecule has 0 unspecified atom stereocenters. The lowest BCUT2D eigenvalue weighted by Gasteiger charge is -2.12. The third-order valence-electron chi connectivity index (χ3n) is 4.64. The minimum Gasteiger partial charge on any atom is -0.507 e. The van der Waals surface area contributed by atoms with Crippen molar-refractivity contribution in [3.8, 4) is 27.8 Å². The van der Waals surface area contributed by atoms with Crippen molar-refractivity contribution in [1.29, 1.82) is 0 Å². The summed E-state index contributed by atoms with van der Waals surface area (Å²) in [5.74, 6) is -0.857. The third kappa shape index (κ3) is 4.33. The molecule has 0 spiro atoms. The molecule has 4 aromatic rings. The molecule has 0 aliphatic rings. The molecule has 2 amide bonds. The largest absolute Gasteiger partial charge is 0.507 e. The lowest BCUT2D eigenvalue weighted by atomic mass is 10.2. The van der Waals surface area contributed by atoms with Gasteiger partial charge in [0.1, 0.15) is 22.3 Å². The van der Waals surface area contributed by atoms with Gasteiger partial charge in [-0.25, -0.2) is 4.98 Å². The van der Waals surface area contributed by atoms with Crippen LogP contribution in [-0.2, 0) is 9.59 Å². The number of para-hydroxylation sites is 1. The molecule has 0 bridgehead atoms. The van der Waals surface area contributed by atoms with Gasteiger partial charge < -0.3 is 25.2 Å². The van der Waals surface area contributed by atoms with Crippen LogP contribution in [0.15, 0.2) is 60.7 Å². The number of methoxy groups -OCH3 is 2. The molecule has 0 atom stereocenters. The highest BCUT2D eigenvalue weighted by atomic mass is 32.1. The number of rotatable bonds is 5. The minimum atomic E-state index is -0.883. The summed E-state index contributed by atoms with van der Waals surface area (Å²) in [6, 6.07) is 17.0. The molecule has 0 fully saturated rings. The van der Waals surface area contributed by atoms with Gasteiger partial charge >= 0.3 is 11.8 Å². The Morgan fingerprint density at radius 3 is 2.47 bits per heavy atom. The Kier molecular flexibility index (Phi) is 5.91. The topological polar surface area (TPSA) is 110 Å². The Morgan fingerprint density at radius 2 is 1.72 bits per heavy atom. The van der Waals surface area contributed by atoms with E-state index >= 15 is 0 Å². The van der Waals surface area contributed by atoms with Gasteiger partial charge in [0.25, 0.3) is 0 Å². The number of hydrogen-bond acceptors (Lipinski definition) is 7. The first kappa shape index (κ1) is 21.1. The van der Waals surface area contributed by atoms with Crippen molar-refractivity contribution < 1.29 is 24.2 Å². The minimum absolute atomic E-state index is 0.0209. The molecule has 0 aliphatic heterocycles. The predicted molar refractivity (Wildman–Crippen MR) is 124 cm³/mol. The summed E-state index contributed by atoms with van der Waals surface area (Å²) in [7, 11) is 2.95. The van der Waals surface area contributed by atoms with Gasteiger partial charge in [0.2, 0.25) is 0 Å². The number of phenolic OH excluding ortho intramolecular Hbond substituents is 1. The normalized spacial score (nSPS) is 10.6. The van der Waals surface area contributed by atoms with E-state index in [1.807, 2.05) is 24.3 Å². The first-order valence-corrected chi connectivity index (χ1v) is 10.3. The van der Waals surface area contributed by atoms with Crippen molar-refractivity contribution in [2.24, 2.45) is 0 Å². The number of benzene rings is 3. The molecular weight excluding hydrogens is 430 g/mol. The van der Waals surface area contributed by atoms with Gasteiger partial charge in [-0.3, -0.25) is 9.59 Å². The Morgan fingerprint density at radius 1 is 0.938 bits per heavy atom. The Bertz CT molecular complexity index is 1290. The van der Waals surface area contributed by atoms with E-state index in [-0.39, 0.29) is 5.75 Å². The molecule has 1 heterocycles. The van der Waals surface area contributed by atoms with Crippen molar-refractivity contribution in [2.75, 3.05) is 24.9 Å². The van der Waals surface area contributed by atoms with E-state index in [2.05, 4.69) is 15.6 Å². The van der Waals surface area contributed by atoms with E-state index in [4.69, 9.17) is 9.47 Å². The van der Waals surface area contributed by atoms with E-state index in [0.717, 1.165) is 10.2 Å². The fourth-order valence-electron chi connectivity index (χ4n) is 3.05. The summed E-state index contributed by atoms with van der Waals surface area (Å²) in [4.78, 5) is 29.4.